The third-order valence-electron chi connectivity index (χ3n) is 7.82. The van der Waals surface area contributed by atoms with Crippen LogP contribution in [0.1, 0.15) is 38.3 Å². The number of carbonyl (C=O) groups excluding carboxylic acids is 2. The predicted octanol–water partition coefficient (Wildman–Crippen LogP) is 6.76. The van der Waals surface area contributed by atoms with E-state index in [1.807, 2.05) is 69.3 Å². The smallest absolute Gasteiger partial charge is 0.236 e. The predicted molar refractivity (Wildman–Crippen MR) is 166 cm³/mol. The molecule has 3 nitrogen and oxygen atoms in total. The molecule has 0 N–H and O–H groups in total. The molecule has 1 heterocycles. The minimum absolute atomic E-state index is 0.0267. The van der Waals surface area contributed by atoms with Gasteiger partial charge in [-0.1, -0.05) is 142 Å². The number of nitrogens with zero attached hydrogens (tertiary/aromatic N) is 1. The Morgan fingerprint density at radius 3 is 1.52 bits per heavy atom. The van der Waals surface area contributed by atoms with Gasteiger partial charge in [0.1, 0.15) is 0 Å². The first-order valence-corrected chi connectivity index (χ1v) is 15.6. The van der Waals surface area contributed by atoms with E-state index in [1.54, 1.807) is 4.90 Å². The van der Waals surface area contributed by atoms with Gasteiger partial charge in [0.25, 0.3) is 0 Å². The third kappa shape index (κ3) is 6.11. The van der Waals surface area contributed by atoms with Crippen LogP contribution in [-0.2, 0) is 22.4 Å². The second-order valence-corrected chi connectivity index (χ2v) is 14.2. The quantitative estimate of drug-likeness (QED) is 0.229. The van der Waals surface area contributed by atoms with Gasteiger partial charge >= 0.3 is 0 Å². The molecule has 0 saturated carbocycles. The van der Waals surface area contributed by atoms with Gasteiger partial charge in [-0.25, -0.2) is 0 Å². The molecule has 0 spiro atoms. The second kappa shape index (κ2) is 11.9. The fourth-order valence-electron chi connectivity index (χ4n) is 5.93. The standard InChI is InChI=1S/C36H38NO2P/c1-35(2,3)33(38)37-30(27-40(31-20-12-6-13-21-31)32-22-14-7-15-23-32)26-36(34(37)39,24-28-16-8-4-9-17-28)25-29-18-10-5-11-19-29/h4-23,30H,24-27H2,1-3H3/t30-/m0/s1. The van der Waals surface area contributed by atoms with Crippen molar-refractivity contribution in [3.8, 4) is 0 Å². The van der Waals surface area contributed by atoms with Gasteiger partial charge in [-0.2, -0.15) is 0 Å². The Hall–Kier alpha value is -3.55. The molecule has 0 bridgehead atoms. The summed E-state index contributed by atoms with van der Waals surface area (Å²) < 4.78 is 0. The summed E-state index contributed by atoms with van der Waals surface area (Å²) in [6, 6.07) is 41.5. The van der Waals surface area contributed by atoms with Crippen LogP contribution in [0.25, 0.3) is 0 Å². The van der Waals surface area contributed by atoms with Crippen LogP contribution in [0.15, 0.2) is 121 Å². The van der Waals surface area contributed by atoms with Gasteiger partial charge in [0.2, 0.25) is 11.8 Å². The molecular formula is C36H38NO2P. The molecular weight excluding hydrogens is 509 g/mol. The second-order valence-electron chi connectivity index (χ2n) is 12.0. The minimum atomic E-state index is -0.774. The highest BCUT2D eigenvalue weighted by molar-refractivity contribution is 7.73. The molecule has 1 fully saturated rings. The van der Waals surface area contributed by atoms with Crippen LogP contribution < -0.4 is 10.6 Å². The van der Waals surface area contributed by atoms with Crippen LogP contribution in [0.5, 0.6) is 0 Å². The number of likely N-dealkylation sites (tertiary alicyclic amines) is 1. The van der Waals surface area contributed by atoms with E-state index in [4.69, 9.17) is 0 Å². The molecule has 0 aromatic heterocycles. The van der Waals surface area contributed by atoms with Crippen molar-refractivity contribution in [1.29, 1.82) is 0 Å². The van der Waals surface area contributed by atoms with Crippen LogP contribution in [0.3, 0.4) is 0 Å². The molecule has 5 rings (SSSR count). The molecule has 4 aromatic rings. The van der Waals surface area contributed by atoms with Crippen LogP contribution in [0, 0.1) is 10.8 Å². The molecule has 204 valence electrons. The number of hydrogen-bond donors (Lipinski definition) is 0. The maximum atomic E-state index is 14.7. The van der Waals surface area contributed by atoms with Crippen molar-refractivity contribution in [2.24, 2.45) is 10.8 Å². The van der Waals surface area contributed by atoms with Crippen molar-refractivity contribution in [3.05, 3.63) is 132 Å². The molecule has 0 radical (unpaired) electrons. The Kier molecular flexibility index (Phi) is 8.33. The van der Waals surface area contributed by atoms with E-state index in [-0.39, 0.29) is 17.9 Å². The van der Waals surface area contributed by atoms with Crippen LogP contribution in [0.4, 0.5) is 0 Å². The molecule has 0 unspecified atom stereocenters. The number of carbonyl (C=O) groups is 2. The van der Waals surface area contributed by atoms with Crippen molar-refractivity contribution < 1.29 is 9.59 Å². The Labute approximate surface area is 240 Å². The Bertz CT molecular complexity index is 1330. The summed E-state index contributed by atoms with van der Waals surface area (Å²) in [6.45, 7) is 5.77. The minimum Gasteiger partial charge on any atom is -0.278 e. The Morgan fingerprint density at radius 1 is 0.725 bits per heavy atom. The number of hydrogen-bond acceptors (Lipinski definition) is 2. The molecule has 1 aliphatic rings. The van der Waals surface area contributed by atoms with Gasteiger partial charge in [0.15, 0.2) is 0 Å². The van der Waals surface area contributed by atoms with E-state index >= 15 is 0 Å². The lowest BCUT2D eigenvalue weighted by Gasteiger charge is -2.32. The van der Waals surface area contributed by atoms with Crippen molar-refractivity contribution in [2.45, 2.75) is 46.1 Å². The maximum absolute atomic E-state index is 14.7. The lowest BCUT2D eigenvalue weighted by molar-refractivity contribution is -0.152. The van der Waals surface area contributed by atoms with Crippen LogP contribution in [0.2, 0.25) is 0 Å². The highest BCUT2D eigenvalue weighted by atomic mass is 31.1. The summed E-state index contributed by atoms with van der Waals surface area (Å²) in [5.41, 5.74) is 0.905. The van der Waals surface area contributed by atoms with Crippen LogP contribution >= 0.6 is 7.92 Å². The normalized spacial score (nSPS) is 16.9. The molecule has 4 aromatic carbocycles. The van der Waals surface area contributed by atoms with Crippen molar-refractivity contribution in [2.75, 3.05) is 6.16 Å². The molecule has 1 aliphatic heterocycles. The van der Waals surface area contributed by atoms with E-state index in [0.717, 1.165) is 17.3 Å². The molecule has 40 heavy (non-hydrogen) atoms. The molecule has 4 heteroatoms. The van der Waals surface area contributed by atoms with Gasteiger partial charge in [-0.3, -0.25) is 14.5 Å². The molecule has 1 atom stereocenters. The SMILES string of the molecule is CC(C)(C)C(=O)N1C(=O)C(Cc2ccccc2)(Cc2ccccc2)C[C@H]1CP(c1ccccc1)c1ccccc1. The Balaban J connectivity index is 1.60. The average molecular weight is 548 g/mol. The average Bonchev–Trinajstić information content (AvgIpc) is 3.22. The lowest BCUT2D eigenvalue weighted by atomic mass is 9.74. The van der Waals surface area contributed by atoms with Crippen molar-refractivity contribution >= 4 is 30.3 Å². The lowest BCUT2D eigenvalue weighted by Crippen LogP contribution is -2.48. The number of amides is 2. The molecule has 0 aliphatic carbocycles. The summed E-state index contributed by atoms with van der Waals surface area (Å²) in [4.78, 5) is 30.4. The third-order valence-corrected chi connectivity index (χ3v) is 10.5. The van der Waals surface area contributed by atoms with E-state index in [1.165, 1.54) is 10.6 Å². The zero-order chi connectivity index (χ0) is 28.2. The monoisotopic (exact) mass is 547 g/mol. The highest BCUT2D eigenvalue weighted by Gasteiger charge is 2.55. The van der Waals surface area contributed by atoms with Gasteiger partial charge in [0, 0.05) is 11.5 Å². The van der Waals surface area contributed by atoms with Gasteiger partial charge in [0.05, 0.1) is 5.41 Å². The van der Waals surface area contributed by atoms with Gasteiger partial charge in [-0.15, -0.1) is 0 Å². The fraction of sp³-hybridized carbons (Fsp3) is 0.278. The van der Waals surface area contributed by atoms with E-state index in [0.29, 0.717) is 19.3 Å². The zero-order valence-electron chi connectivity index (χ0n) is 23.7. The maximum Gasteiger partial charge on any atom is 0.236 e. The molecule has 1 saturated heterocycles. The van der Waals surface area contributed by atoms with Gasteiger partial charge < -0.3 is 0 Å². The summed E-state index contributed by atoms with van der Waals surface area (Å²) >= 11 is 0. The number of imide groups is 1. The number of benzene rings is 4. The fourth-order valence-corrected chi connectivity index (χ4v) is 8.43. The summed E-state index contributed by atoms with van der Waals surface area (Å²) in [7, 11) is -0.774. The van der Waals surface area contributed by atoms with E-state index in [9.17, 15) is 9.59 Å². The van der Waals surface area contributed by atoms with E-state index in [2.05, 4.69) is 72.8 Å². The summed E-state index contributed by atoms with van der Waals surface area (Å²) in [5, 5.41) is 2.53. The highest BCUT2D eigenvalue weighted by Crippen LogP contribution is 2.47. The van der Waals surface area contributed by atoms with Crippen molar-refractivity contribution in [3.63, 3.8) is 0 Å². The largest absolute Gasteiger partial charge is 0.278 e. The van der Waals surface area contributed by atoms with Crippen LogP contribution in [-0.4, -0.2) is 28.9 Å². The zero-order valence-corrected chi connectivity index (χ0v) is 24.6. The number of rotatable bonds is 8. The van der Waals surface area contributed by atoms with E-state index < -0.39 is 18.8 Å². The summed E-state index contributed by atoms with van der Waals surface area (Å²) in [6.07, 6.45) is 2.62. The first kappa shape index (κ1) is 28.0. The first-order chi connectivity index (χ1) is 19.3. The molecule has 2 amide bonds. The van der Waals surface area contributed by atoms with Crippen molar-refractivity contribution in [1.82, 2.24) is 4.90 Å². The van der Waals surface area contributed by atoms with Gasteiger partial charge in [-0.05, 0) is 55.1 Å². The summed E-state index contributed by atoms with van der Waals surface area (Å²) in [5.74, 6) is -0.109. The Morgan fingerprint density at radius 2 is 1.12 bits per heavy atom. The topological polar surface area (TPSA) is 37.4 Å². The first-order valence-electron chi connectivity index (χ1n) is 14.1.